The summed E-state index contributed by atoms with van der Waals surface area (Å²) in [6.07, 6.45) is 0. The Morgan fingerprint density at radius 2 is 1.95 bits per heavy atom. The summed E-state index contributed by atoms with van der Waals surface area (Å²) in [6.45, 7) is 7.90. The van der Waals surface area contributed by atoms with Gasteiger partial charge in [-0.3, -0.25) is 4.68 Å². The van der Waals surface area contributed by atoms with Gasteiger partial charge >= 0.3 is 0 Å². The van der Waals surface area contributed by atoms with E-state index in [1.807, 2.05) is 31.6 Å². The number of aromatic nitrogens is 2. The molecule has 0 saturated carbocycles. The summed E-state index contributed by atoms with van der Waals surface area (Å²) < 4.78 is 15.4. The second-order valence-corrected chi connectivity index (χ2v) is 4.99. The van der Waals surface area contributed by atoms with Crippen LogP contribution in [0.4, 0.5) is 10.1 Å². The Bertz CT molecular complexity index is 602. The number of hydrogen-bond acceptors (Lipinski definition) is 2. The molecule has 1 unspecified atom stereocenters. The quantitative estimate of drug-likeness (QED) is 0.913. The minimum Gasteiger partial charge on any atom is -0.378 e. The summed E-state index contributed by atoms with van der Waals surface area (Å²) in [7, 11) is 1.94. The van der Waals surface area contributed by atoms with Gasteiger partial charge in [0.1, 0.15) is 5.82 Å². The summed E-state index contributed by atoms with van der Waals surface area (Å²) in [5, 5.41) is 7.78. The maximum atomic E-state index is 13.5. The van der Waals surface area contributed by atoms with Crippen molar-refractivity contribution >= 4 is 5.69 Å². The van der Waals surface area contributed by atoms with Gasteiger partial charge in [0.15, 0.2) is 0 Å². The second kappa shape index (κ2) is 5.03. The number of nitrogens with one attached hydrogen (secondary N) is 1. The third-order valence-electron chi connectivity index (χ3n) is 3.64. The first kappa shape index (κ1) is 13.6. The molecule has 1 N–H and O–H groups in total. The molecule has 0 aliphatic heterocycles. The zero-order valence-corrected chi connectivity index (χ0v) is 12.1. The van der Waals surface area contributed by atoms with Crippen LogP contribution >= 0.6 is 0 Å². The molecule has 3 nitrogen and oxygen atoms in total. The number of hydrogen-bond donors (Lipinski definition) is 1. The third-order valence-corrected chi connectivity index (χ3v) is 3.64. The highest BCUT2D eigenvalue weighted by atomic mass is 19.1. The van der Waals surface area contributed by atoms with Gasteiger partial charge in [0.05, 0.1) is 11.7 Å². The molecule has 102 valence electrons. The van der Waals surface area contributed by atoms with Crippen molar-refractivity contribution < 1.29 is 4.39 Å². The van der Waals surface area contributed by atoms with Crippen molar-refractivity contribution in [2.75, 3.05) is 5.32 Å². The highest BCUT2D eigenvalue weighted by molar-refractivity contribution is 5.53. The molecule has 2 rings (SSSR count). The van der Waals surface area contributed by atoms with Gasteiger partial charge in [-0.05, 0) is 39.8 Å². The molecule has 0 spiro atoms. The molecule has 0 aliphatic rings. The Hall–Kier alpha value is -1.84. The zero-order chi connectivity index (χ0) is 14.2. The van der Waals surface area contributed by atoms with Crippen LogP contribution in [0.15, 0.2) is 18.2 Å². The van der Waals surface area contributed by atoms with E-state index in [1.165, 1.54) is 11.6 Å². The Morgan fingerprint density at radius 3 is 2.53 bits per heavy atom. The summed E-state index contributed by atoms with van der Waals surface area (Å²) in [4.78, 5) is 0. The Morgan fingerprint density at radius 1 is 1.26 bits per heavy atom. The van der Waals surface area contributed by atoms with E-state index >= 15 is 0 Å². The van der Waals surface area contributed by atoms with Gasteiger partial charge in [-0.2, -0.15) is 5.10 Å². The minimum absolute atomic E-state index is 0.0919. The molecule has 0 aliphatic carbocycles. The predicted molar refractivity (Wildman–Crippen MR) is 75.9 cm³/mol. The normalized spacial score (nSPS) is 12.5. The summed E-state index contributed by atoms with van der Waals surface area (Å²) >= 11 is 0. The minimum atomic E-state index is -0.183. The van der Waals surface area contributed by atoms with Gasteiger partial charge in [-0.1, -0.05) is 6.07 Å². The van der Waals surface area contributed by atoms with Crippen molar-refractivity contribution in [1.29, 1.82) is 0 Å². The lowest BCUT2D eigenvalue weighted by molar-refractivity contribution is 0.618. The molecule has 0 fully saturated rings. The molecule has 2 aromatic rings. The zero-order valence-electron chi connectivity index (χ0n) is 12.1. The van der Waals surface area contributed by atoms with Crippen molar-refractivity contribution in [2.24, 2.45) is 7.05 Å². The highest BCUT2D eigenvalue weighted by Crippen LogP contribution is 2.27. The first-order valence-corrected chi connectivity index (χ1v) is 6.43. The molecule has 1 aromatic heterocycles. The number of nitrogens with zero attached hydrogens (tertiary/aromatic N) is 2. The van der Waals surface area contributed by atoms with E-state index in [9.17, 15) is 4.39 Å². The predicted octanol–water partition coefficient (Wildman–Crippen LogP) is 3.66. The molecule has 19 heavy (non-hydrogen) atoms. The fourth-order valence-corrected chi connectivity index (χ4v) is 2.49. The van der Waals surface area contributed by atoms with Gasteiger partial charge in [0, 0.05) is 29.6 Å². The summed E-state index contributed by atoms with van der Waals surface area (Å²) in [5.74, 6) is -0.183. The van der Waals surface area contributed by atoms with Crippen LogP contribution in [0.25, 0.3) is 0 Å². The SMILES string of the molecule is Cc1nn(C)c(C)c1C(C)Nc1cccc(F)c1C. The molecule has 0 saturated heterocycles. The summed E-state index contributed by atoms with van der Waals surface area (Å²) in [6, 6.07) is 5.19. The molecule has 1 heterocycles. The third kappa shape index (κ3) is 2.48. The van der Waals surface area contributed by atoms with Crippen LogP contribution < -0.4 is 5.32 Å². The highest BCUT2D eigenvalue weighted by Gasteiger charge is 2.17. The van der Waals surface area contributed by atoms with Crippen LogP contribution in [0.1, 0.15) is 35.5 Å². The largest absolute Gasteiger partial charge is 0.378 e. The van der Waals surface area contributed by atoms with Crippen LogP contribution in [-0.4, -0.2) is 9.78 Å². The standard InChI is InChI=1S/C15H20FN3/c1-9-13(16)7-6-8-14(9)17-10(2)15-11(3)18-19(5)12(15)4/h6-8,10,17H,1-5H3. The molecular weight excluding hydrogens is 241 g/mol. The smallest absolute Gasteiger partial charge is 0.128 e. The van der Waals surface area contributed by atoms with Crippen LogP contribution in [0.3, 0.4) is 0 Å². The van der Waals surface area contributed by atoms with E-state index in [0.29, 0.717) is 5.56 Å². The Kier molecular flexibility index (Phi) is 3.60. The van der Waals surface area contributed by atoms with Gasteiger partial charge in [0.2, 0.25) is 0 Å². The average molecular weight is 261 g/mol. The van der Waals surface area contributed by atoms with E-state index in [1.54, 1.807) is 13.0 Å². The van der Waals surface area contributed by atoms with E-state index in [2.05, 4.69) is 17.3 Å². The summed E-state index contributed by atoms with van der Waals surface area (Å²) in [5.41, 5.74) is 4.79. The molecule has 0 radical (unpaired) electrons. The van der Waals surface area contributed by atoms with Crippen molar-refractivity contribution in [1.82, 2.24) is 9.78 Å². The lowest BCUT2D eigenvalue weighted by Crippen LogP contribution is -2.10. The van der Waals surface area contributed by atoms with Gasteiger partial charge in [-0.25, -0.2) is 4.39 Å². The number of halogens is 1. The number of rotatable bonds is 3. The van der Waals surface area contributed by atoms with Crippen molar-refractivity contribution in [3.05, 3.63) is 46.5 Å². The van der Waals surface area contributed by atoms with Crippen molar-refractivity contribution in [2.45, 2.75) is 33.7 Å². The number of anilines is 1. The van der Waals surface area contributed by atoms with Crippen LogP contribution in [0.2, 0.25) is 0 Å². The molecule has 0 amide bonds. The van der Waals surface area contributed by atoms with Crippen molar-refractivity contribution in [3.63, 3.8) is 0 Å². The molecule has 4 heteroatoms. The Balaban J connectivity index is 2.31. The van der Waals surface area contributed by atoms with Crippen LogP contribution in [0, 0.1) is 26.6 Å². The molecule has 1 atom stereocenters. The molecular formula is C15H20FN3. The van der Waals surface area contributed by atoms with Crippen molar-refractivity contribution in [3.8, 4) is 0 Å². The average Bonchev–Trinajstić information content (AvgIpc) is 2.59. The van der Waals surface area contributed by atoms with Crippen LogP contribution in [0.5, 0.6) is 0 Å². The van der Waals surface area contributed by atoms with Crippen LogP contribution in [-0.2, 0) is 7.05 Å². The molecule has 1 aromatic carbocycles. The van der Waals surface area contributed by atoms with E-state index in [0.717, 1.165) is 17.1 Å². The topological polar surface area (TPSA) is 29.9 Å². The monoisotopic (exact) mass is 261 g/mol. The van der Waals surface area contributed by atoms with Gasteiger partial charge in [-0.15, -0.1) is 0 Å². The maximum absolute atomic E-state index is 13.5. The number of benzene rings is 1. The first-order chi connectivity index (χ1) is 8.91. The van der Waals surface area contributed by atoms with Gasteiger partial charge in [0.25, 0.3) is 0 Å². The first-order valence-electron chi connectivity index (χ1n) is 6.43. The lowest BCUT2D eigenvalue weighted by atomic mass is 10.1. The Labute approximate surface area is 113 Å². The number of aryl methyl sites for hydroxylation is 2. The maximum Gasteiger partial charge on any atom is 0.128 e. The second-order valence-electron chi connectivity index (χ2n) is 4.99. The van der Waals surface area contributed by atoms with E-state index in [4.69, 9.17) is 0 Å². The lowest BCUT2D eigenvalue weighted by Gasteiger charge is -2.18. The molecule has 0 bridgehead atoms. The fourth-order valence-electron chi connectivity index (χ4n) is 2.49. The fraction of sp³-hybridized carbons (Fsp3) is 0.400. The van der Waals surface area contributed by atoms with Gasteiger partial charge < -0.3 is 5.32 Å². The van der Waals surface area contributed by atoms with E-state index in [-0.39, 0.29) is 11.9 Å². The van der Waals surface area contributed by atoms with E-state index < -0.39 is 0 Å².